The number of rotatable bonds is 5. The topological polar surface area (TPSA) is 88.4 Å². The molecular weight excluding hydrogens is 392 g/mol. The molecular formula is C16H16F4N2O4S. The summed E-state index contributed by atoms with van der Waals surface area (Å²) in [6.45, 7) is 4.71. The average Bonchev–Trinajstić information content (AvgIpc) is 2.57. The van der Waals surface area contributed by atoms with E-state index in [-0.39, 0.29) is 11.8 Å². The van der Waals surface area contributed by atoms with E-state index in [1.807, 2.05) is 0 Å². The van der Waals surface area contributed by atoms with Crippen LogP contribution in [-0.2, 0) is 14.3 Å². The maximum absolute atomic E-state index is 13.9. The molecule has 0 saturated carbocycles. The van der Waals surface area contributed by atoms with Gasteiger partial charge in [-0.2, -0.15) is 5.26 Å². The molecule has 0 aliphatic rings. The molecule has 0 aliphatic carbocycles. The third kappa shape index (κ3) is 5.75. The summed E-state index contributed by atoms with van der Waals surface area (Å²) >= 11 is 0.222. The molecule has 27 heavy (non-hydrogen) atoms. The summed E-state index contributed by atoms with van der Waals surface area (Å²) in [7, 11) is 1.01. The van der Waals surface area contributed by atoms with E-state index in [9.17, 15) is 27.2 Å². The van der Waals surface area contributed by atoms with Gasteiger partial charge in [0.05, 0.1) is 12.0 Å². The molecule has 0 unspecified atom stereocenters. The number of esters is 1. The smallest absolute Gasteiger partial charge is 0.408 e. The van der Waals surface area contributed by atoms with Crippen LogP contribution in [0.25, 0.3) is 0 Å². The van der Waals surface area contributed by atoms with Gasteiger partial charge in [0, 0.05) is 5.75 Å². The van der Waals surface area contributed by atoms with Crippen molar-refractivity contribution in [2.24, 2.45) is 0 Å². The first-order valence-corrected chi connectivity index (χ1v) is 8.37. The Morgan fingerprint density at radius 1 is 1.15 bits per heavy atom. The number of carbonyl (C=O) groups is 2. The predicted molar refractivity (Wildman–Crippen MR) is 86.9 cm³/mol. The van der Waals surface area contributed by atoms with Gasteiger partial charge in [-0.15, -0.1) is 11.8 Å². The van der Waals surface area contributed by atoms with E-state index in [0.29, 0.717) is 0 Å². The molecule has 0 radical (unpaired) electrons. The molecule has 0 heterocycles. The third-order valence-corrected chi connectivity index (χ3v) is 4.05. The number of amides is 1. The fraction of sp³-hybridized carbons (Fsp3) is 0.438. The summed E-state index contributed by atoms with van der Waals surface area (Å²) in [5.74, 6) is -8.76. The number of thioether (sulfide) groups is 1. The van der Waals surface area contributed by atoms with Gasteiger partial charge in [-0.25, -0.2) is 27.2 Å². The Morgan fingerprint density at radius 2 is 1.67 bits per heavy atom. The zero-order chi connectivity index (χ0) is 20.9. The van der Waals surface area contributed by atoms with Crippen molar-refractivity contribution < 1.29 is 36.6 Å². The molecule has 0 spiro atoms. The second-order valence-electron chi connectivity index (χ2n) is 6.10. The largest absolute Gasteiger partial charge is 0.467 e. The number of hydrogen-bond donors (Lipinski definition) is 1. The maximum Gasteiger partial charge on any atom is 0.408 e. The summed E-state index contributed by atoms with van der Waals surface area (Å²) in [5.41, 5.74) is -2.28. The Kier molecular flexibility index (Phi) is 7.47. The van der Waals surface area contributed by atoms with Crippen LogP contribution in [0.15, 0.2) is 4.90 Å². The summed E-state index contributed by atoms with van der Waals surface area (Å²) in [4.78, 5) is 22.4. The van der Waals surface area contributed by atoms with Gasteiger partial charge in [0.2, 0.25) is 0 Å². The van der Waals surface area contributed by atoms with Crippen LogP contribution in [0.3, 0.4) is 0 Å². The van der Waals surface area contributed by atoms with Gasteiger partial charge in [0.15, 0.2) is 23.3 Å². The van der Waals surface area contributed by atoms with Crippen LogP contribution in [0.1, 0.15) is 26.3 Å². The fourth-order valence-electron chi connectivity index (χ4n) is 1.76. The van der Waals surface area contributed by atoms with Crippen LogP contribution >= 0.6 is 11.8 Å². The lowest BCUT2D eigenvalue weighted by Gasteiger charge is -2.22. The van der Waals surface area contributed by atoms with Crippen LogP contribution in [0.5, 0.6) is 0 Å². The molecule has 1 aromatic carbocycles. The number of carbonyl (C=O) groups excluding carboxylic acids is 2. The Hall–Kier alpha value is -2.48. The van der Waals surface area contributed by atoms with E-state index in [2.05, 4.69) is 10.1 Å². The number of benzene rings is 1. The number of halogens is 4. The molecule has 1 N–H and O–H groups in total. The number of ether oxygens (including phenoxy) is 2. The van der Waals surface area contributed by atoms with Gasteiger partial charge in [0.1, 0.15) is 23.3 Å². The Labute approximate surface area is 156 Å². The van der Waals surface area contributed by atoms with Crippen LogP contribution < -0.4 is 5.32 Å². The zero-order valence-electron chi connectivity index (χ0n) is 14.8. The lowest BCUT2D eigenvalue weighted by atomic mass is 10.2. The van der Waals surface area contributed by atoms with Crippen molar-refractivity contribution in [3.05, 3.63) is 28.8 Å². The van der Waals surface area contributed by atoms with Crippen LogP contribution in [-0.4, -0.2) is 36.6 Å². The monoisotopic (exact) mass is 408 g/mol. The molecule has 0 bridgehead atoms. The molecule has 1 atom stereocenters. The molecule has 1 aromatic rings. The number of nitrogens with one attached hydrogen (secondary N) is 1. The van der Waals surface area contributed by atoms with Crippen LogP contribution in [0, 0.1) is 34.6 Å². The molecule has 0 aliphatic heterocycles. The van der Waals surface area contributed by atoms with Crippen molar-refractivity contribution in [1.82, 2.24) is 5.32 Å². The Balaban J connectivity index is 3.05. The van der Waals surface area contributed by atoms with Crippen molar-refractivity contribution in [2.75, 3.05) is 12.9 Å². The number of hydrogen-bond acceptors (Lipinski definition) is 6. The standard InChI is InChI=1S/C16H16F4N2O4S/c1-16(2,3)26-15(24)22-8(14(23)25-4)6-27-13-11(19)9(17)7(5-21)10(18)12(13)20/h8H,6H2,1-4H3,(H,22,24)/t8-/m0/s1. The number of nitrogens with zero attached hydrogens (tertiary/aromatic N) is 1. The zero-order valence-corrected chi connectivity index (χ0v) is 15.6. The minimum Gasteiger partial charge on any atom is -0.467 e. The van der Waals surface area contributed by atoms with E-state index >= 15 is 0 Å². The van der Waals surface area contributed by atoms with Gasteiger partial charge >= 0.3 is 12.1 Å². The maximum atomic E-state index is 13.9. The SMILES string of the molecule is COC(=O)[C@H](CSc1c(F)c(F)c(C#N)c(F)c1F)NC(=O)OC(C)(C)C. The highest BCUT2D eigenvalue weighted by molar-refractivity contribution is 7.99. The summed E-state index contributed by atoms with van der Waals surface area (Å²) in [5, 5.41) is 10.7. The second-order valence-corrected chi connectivity index (χ2v) is 7.14. The Bertz CT molecular complexity index is 761. The summed E-state index contributed by atoms with van der Waals surface area (Å²) in [6, 6.07) is -0.395. The molecule has 0 aromatic heterocycles. The van der Waals surface area contributed by atoms with E-state index in [1.54, 1.807) is 20.8 Å². The van der Waals surface area contributed by atoms with Gasteiger partial charge in [-0.3, -0.25) is 0 Å². The number of alkyl carbamates (subject to hydrolysis) is 1. The van der Waals surface area contributed by atoms with Crippen LogP contribution in [0.2, 0.25) is 0 Å². The van der Waals surface area contributed by atoms with Gasteiger partial charge in [-0.05, 0) is 20.8 Å². The summed E-state index contributed by atoms with van der Waals surface area (Å²) < 4.78 is 64.6. The van der Waals surface area contributed by atoms with Crippen LogP contribution in [0.4, 0.5) is 22.4 Å². The first-order chi connectivity index (χ1) is 12.4. The van der Waals surface area contributed by atoms with E-state index < -0.39 is 63.2 Å². The van der Waals surface area contributed by atoms with E-state index in [4.69, 9.17) is 10.00 Å². The second kappa shape index (κ2) is 8.94. The molecule has 0 saturated heterocycles. The van der Waals surface area contributed by atoms with Gasteiger partial charge in [0.25, 0.3) is 0 Å². The molecule has 1 rings (SSSR count). The number of methoxy groups -OCH3 is 1. The highest BCUT2D eigenvalue weighted by Crippen LogP contribution is 2.31. The first-order valence-electron chi connectivity index (χ1n) is 7.39. The van der Waals surface area contributed by atoms with Crippen molar-refractivity contribution in [3.8, 4) is 6.07 Å². The first kappa shape index (κ1) is 22.6. The summed E-state index contributed by atoms with van der Waals surface area (Å²) in [6.07, 6.45) is -1.00. The van der Waals surface area contributed by atoms with E-state index in [1.165, 1.54) is 0 Å². The Morgan fingerprint density at radius 3 is 2.07 bits per heavy atom. The lowest BCUT2D eigenvalue weighted by Crippen LogP contribution is -2.45. The number of nitriles is 1. The van der Waals surface area contributed by atoms with Crippen molar-refractivity contribution in [2.45, 2.75) is 37.3 Å². The minimum atomic E-state index is -1.85. The van der Waals surface area contributed by atoms with Crippen molar-refractivity contribution >= 4 is 23.8 Å². The molecule has 148 valence electrons. The van der Waals surface area contributed by atoms with Crippen molar-refractivity contribution in [3.63, 3.8) is 0 Å². The highest BCUT2D eigenvalue weighted by atomic mass is 32.2. The normalized spacial score (nSPS) is 12.1. The third-order valence-electron chi connectivity index (χ3n) is 2.91. The molecule has 0 fully saturated rings. The molecule has 6 nitrogen and oxygen atoms in total. The highest BCUT2D eigenvalue weighted by Gasteiger charge is 2.29. The minimum absolute atomic E-state index is 0.222. The van der Waals surface area contributed by atoms with Crippen molar-refractivity contribution in [1.29, 1.82) is 5.26 Å². The van der Waals surface area contributed by atoms with Gasteiger partial charge in [-0.1, -0.05) is 0 Å². The van der Waals surface area contributed by atoms with Gasteiger partial charge < -0.3 is 14.8 Å². The lowest BCUT2D eigenvalue weighted by molar-refractivity contribution is -0.142. The molecule has 11 heteroatoms. The van der Waals surface area contributed by atoms with E-state index in [0.717, 1.165) is 13.2 Å². The fourth-order valence-corrected chi connectivity index (χ4v) is 2.75. The molecule has 1 amide bonds. The predicted octanol–water partition coefficient (Wildman–Crippen LogP) is 3.27. The quantitative estimate of drug-likeness (QED) is 0.348. The average molecular weight is 408 g/mol.